The quantitative estimate of drug-likeness (QED) is 0.493. The van der Waals surface area contributed by atoms with E-state index in [0.29, 0.717) is 31.7 Å². The first-order valence-electron chi connectivity index (χ1n) is 12.7. The minimum Gasteiger partial charge on any atom is -0.444 e. The van der Waals surface area contributed by atoms with Gasteiger partial charge in [-0.2, -0.15) is 13.7 Å². The first kappa shape index (κ1) is 27.9. The molecule has 2 aliphatic heterocycles. The van der Waals surface area contributed by atoms with E-state index in [-0.39, 0.29) is 30.2 Å². The van der Waals surface area contributed by atoms with Crippen LogP contribution in [-0.2, 0) is 32.1 Å². The van der Waals surface area contributed by atoms with Gasteiger partial charge in [-0.1, -0.05) is 18.2 Å². The second-order valence-electron chi connectivity index (χ2n) is 11.0. The fraction of sp³-hybridized carbons (Fsp3) is 0.500. The third kappa shape index (κ3) is 6.63. The average molecular weight is 544 g/mol. The van der Waals surface area contributed by atoms with Gasteiger partial charge in [-0.3, -0.25) is 4.18 Å². The largest absolute Gasteiger partial charge is 0.444 e. The number of ether oxygens (including phenoxy) is 1. The fourth-order valence-corrected chi connectivity index (χ4v) is 5.65. The number of amides is 1. The van der Waals surface area contributed by atoms with Gasteiger partial charge in [0.25, 0.3) is 10.1 Å². The highest BCUT2D eigenvalue weighted by molar-refractivity contribution is 7.85. The molecule has 0 spiro atoms. The number of rotatable bonds is 5. The van der Waals surface area contributed by atoms with Crippen LogP contribution in [0.15, 0.2) is 36.4 Å². The zero-order valence-electron chi connectivity index (χ0n) is 22.2. The van der Waals surface area contributed by atoms with E-state index in [1.807, 2.05) is 54.8 Å². The molecule has 8 nitrogen and oxygen atoms in total. The van der Waals surface area contributed by atoms with Gasteiger partial charge >= 0.3 is 6.09 Å². The number of halogens is 1. The highest BCUT2D eigenvalue weighted by atomic mass is 32.2. The zero-order valence-corrected chi connectivity index (χ0v) is 23.1. The van der Waals surface area contributed by atoms with E-state index in [1.165, 1.54) is 6.07 Å². The van der Waals surface area contributed by atoms with Crippen molar-refractivity contribution in [2.24, 2.45) is 5.92 Å². The smallest absolute Gasteiger partial charge is 0.410 e. The van der Waals surface area contributed by atoms with Crippen molar-refractivity contribution in [3.8, 4) is 6.07 Å². The molecule has 0 bridgehead atoms. The maximum Gasteiger partial charge on any atom is 0.410 e. The van der Waals surface area contributed by atoms with E-state index in [2.05, 4.69) is 0 Å². The number of hydrogen-bond donors (Lipinski definition) is 0. The lowest BCUT2D eigenvalue weighted by molar-refractivity contribution is 0.00497. The zero-order chi connectivity index (χ0) is 27.7. The Kier molecular flexibility index (Phi) is 8.00. The standard InChI is InChI=1S/C28H34FN3O5S/c1-28(2,3)37-27(33)32-14-11-22-15-20(18-36-38(4,34)35)5-7-23(22)26(32)21-9-12-31(13-10-21)25-8-6-19(17-30)16-24(25)29/h5-8,15-16,21,26H,9-14,18H2,1-4H3. The third-order valence-electron chi connectivity index (χ3n) is 6.96. The topological polar surface area (TPSA) is 99.9 Å². The van der Waals surface area contributed by atoms with Crippen LogP contribution in [0.3, 0.4) is 0 Å². The van der Waals surface area contributed by atoms with E-state index in [4.69, 9.17) is 14.2 Å². The summed E-state index contributed by atoms with van der Waals surface area (Å²) in [5.41, 5.74) is 2.97. The number of benzene rings is 2. The van der Waals surface area contributed by atoms with Crippen LogP contribution in [0.1, 0.15) is 61.9 Å². The molecule has 1 unspecified atom stereocenters. The molecule has 1 fully saturated rings. The van der Waals surface area contributed by atoms with Gasteiger partial charge in [0.1, 0.15) is 11.4 Å². The third-order valence-corrected chi connectivity index (χ3v) is 7.50. The molecule has 2 aromatic rings. The highest BCUT2D eigenvalue weighted by Crippen LogP contribution is 2.42. The van der Waals surface area contributed by atoms with Gasteiger partial charge in [-0.25, -0.2) is 9.18 Å². The summed E-state index contributed by atoms with van der Waals surface area (Å²) in [7, 11) is -3.56. The Balaban J connectivity index is 1.58. The van der Waals surface area contributed by atoms with Gasteiger partial charge in [0.05, 0.1) is 36.2 Å². The van der Waals surface area contributed by atoms with Crippen LogP contribution in [-0.4, -0.2) is 50.9 Å². The molecule has 4 rings (SSSR count). The van der Waals surface area contributed by atoms with Gasteiger partial charge in [0, 0.05) is 19.6 Å². The van der Waals surface area contributed by atoms with Crippen LogP contribution >= 0.6 is 0 Å². The van der Waals surface area contributed by atoms with Crippen molar-refractivity contribution < 1.29 is 26.5 Å². The predicted molar refractivity (Wildman–Crippen MR) is 142 cm³/mol. The van der Waals surface area contributed by atoms with Crippen LogP contribution in [0.4, 0.5) is 14.9 Å². The van der Waals surface area contributed by atoms with Gasteiger partial charge in [-0.05, 0) is 80.8 Å². The number of fused-ring (bicyclic) bond motifs is 1. The molecule has 0 aliphatic carbocycles. The van der Waals surface area contributed by atoms with E-state index < -0.39 is 21.5 Å². The van der Waals surface area contributed by atoms with Crippen molar-refractivity contribution in [1.29, 1.82) is 5.26 Å². The van der Waals surface area contributed by atoms with Gasteiger partial charge in [-0.15, -0.1) is 0 Å². The minimum absolute atomic E-state index is 0.0406. The molecule has 2 heterocycles. The molecule has 0 aromatic heterocycles. The summed E-state index contributed by atoms with van der Waals surface area (Å²) in [5.74, 6) is -0.290. The predicted octanol–water partition coefficient (Wildman–Crippen LogP) is 4.92. The Morgan fingerprint density at radius 3 is 2.45 bits per heavy atom. The number of carbonyl (C=O) groups excluding carboxylic acids is 1. The first-order valence-corrected chi connectivity index (χ1v) is 14.6. The Morgan fingerprint density at radius 2 is 1.84 bits per heavy atom. The van der Waals surface area contributed by atoms with Crippen molar-refractivity contribution in [2.45, 2.75) is 58.3 Å². The molecule has 1 saturated heterocycles. The van der Waals surface area contributed by atoms with Crippen LogP contribution < -0.4 is 4.90 Å². The normalized spacial score (nSPS) is 18.6. The summed E-state index contributed by atoms with van der Waals surface area (Å²) >= 11 is 0. The van der Waals surface area contributed by atoms with Gasteiger partial charge in [0.2, 0.25) is 0 Å². The molecular formula is C28H34FN3O5S. The number of hydrogen-bond acceptors (Lipinski definition) is 7. The van der Waals surface area contributed by atoms with Crippen molar-refractivity contribution >= 4 is 21.9 Å². The second-order valence-corrected chi connectivity index (χ2v) is 12.6. The van der Waals surface area contributed by atoms with E-state index >= 15 is 0 Å². The van der Waals surface area contributed by atoms with E-state index in [9.17, 15) is 17.6 Å². The van der Waals surface area contributed by atoms with E-state index in [0.717, 1.165) is 35.8 Å². The minimum atomic E-state index is -3.56. The molecule has 2 aromatic carbocycles. The second kappa shape index (κ2) is 10.9. The molecule has 0 N–H and O–H groups in total. The number of piperidine rings is 1. The molecule has 0 saturated carbocycles. The lowest BCUT2D eigenvalue weighted by Crippen LogP contribution is -2.48. The van der Waals surface area contributed by atoms with Crippen LogP contribution in [0.2, 0.25) is 0 Å². The van der Waals surface area contributed by atoms with Crippen molar-refractivity contribution in [3.63, 3.8) is 0 Å². The lowest BCUT2D eigenvalue weighted by atomic mass is 9.79. The molecule has 1 amide bonds. The summed E-state index contributed by atoms with van der Waals surface area (Å²) < 4.78 is 48.3. The number of anilines is 1. The van der Waals surface area contributed by atoms with Gasteiger partial charge in [0.15, 0.2) is 0 Å². The Labute approximate surface area is 224 Å². The highest BCUT2D eigenvalue weighted by Gasteiger charge is 2.39. The van der Waals surface area contributed by atoms with Crippen molar-refractivity contribution in [2.75, 3.05) is 30.8 Å². The first-order chi connectivity index (χ1) is 17.8. The van der Waals surface area contributed by atoms with Crippen molar-refractivity contribution in [3.05, 3.63) is 64.5 Å². The monoisotopic (exact) mass is 543 g/mol. The molecule has 2 aliphatic rings. The molecule has 1 atom stereocenters. The number of nitriles is 1. The van der Waals surface area contributed by atoms with Gasteiger partial charge < -0.3 is 14.5 Å². The van der Waals surface area contributed by atoms with Crippen LogP contribution in [0.25, 0.3) is 0 Å². The lowest BCUT2D eigenvalue weighted by Gasteiger charge is -2.45. The summed E-state index contributed by atoms with van der Waals surface area (Å²) in [6, 6.07) is 12.0. The Morgan fingerprint density at radius 1 is 1.13 bits per heavy atom. The SMILES string of the molecule is CC(C)(C)OC(=O)N1CCc2cc(COS(C)(=O)=O)ccc2C1C1CCN(c2ccc(C#N)cc2F)CC1. The fourth-order valence-electron chi connectivity index (χ4n) is 5.30. The van der Waals surface area contributed by atoms with Crippen LogP contribution in [0, 0.1) is 23.1 Å². The number of nitrogens with zero attached hydrogens (tertiary/aromatic N) is 3. The molecule has 10 heteroatoms. The van der Waals surface area contributed by atoms with Crippen molar-refractivity contribution in [1.82, 2.24) is 4.90 Å². The molecule has 0 radical (unpaired) electrons. The molecular weight excluding hydrogens is 509 g/mol. The Hall–Kier alpha value is -3.16. The molecule has 204 valence electrons. The summed E-state index contributed by atoms with van der Waals surface area (Å²) in [6.45, 7) is 7.20. The maximum absolute atomic E-state index is 14.7. The summed E-state index contributed by atoms with van der Waals surface area (Å²) in [5, 5.41) is 9.04. The summed E-state index contributed by atoms with van der Waals surface area (Å²) in [6.07, 6.45) is 2.76. The summed E-state index contributed by atoms with van der Waals surface area (Å²) in [4.78, 5) is 17.1. The number of carbonyl (C=O) groups is 1. The molecule has 38 heavy (non-hydrogen) atoms. The Bertz CT molecular complexity index is 1340. The maximum atomic E-state index is 14.7. The van der Waals surface area contributed by atoms with Crippen LogP contribution in [0.5, 0.6) is 0 Å². The van der Waals surface area contributed by atoms with E-state index in [1.54, 1.807) is 12.1 Å². The average Bonchev–Trinajstić information content (AvgIpc) is 2.85.